The van der Waals surface area contributed by atoms with E-state index in [0.29, 0.717) is 0 Å². The van der Waals surface area contributed by atoms with Crippen molar-refractivity contribution in [3.05, 3.63) is 37.0 Å². The van der Waals surface area contributed by atoms with Crippen molar-refractivity contribution in [3.8, 4) is 0 Å². The number of allylic oxidation sites excluding steroid dienone is 4. The average Bonchev–Trinajstić information content (AvgIpc) is 2.75. The summed E-state index contributed by atoms with van der Waals surface area (Å²) in [6, 6.07) is 0. The van der Waals surface area contributed by atoms with Crippen LogP contribution in [-0.4, -0.2) is 0 Å². The largest absolute Gasteiger partial charge is 0.106 e. The van der Waals surface area contributed by atoms with E-state index >= 15 is 0 Å². The van der Waals surface area contributed by atoms with Gasteiger partial charge in [0.25, 0.3) is 0 Å². The van der Waals surface area contributed by atoms with E-state index in [0.717, 1.165) is 11.8 Å². The summed E-state index contributed by atoms with van der Waals surface area (Å²) in [7, 11) is 0. The summed E-state index contributed by atoms with van der Waals surface area (Å²) in [4.78, 5) is 0. The summed E-state index contributed by atoms with van der Waals surface area (Å²) in [6.45, 7) is 20.7. The third-order valence-electron chi connectivity index (χ3n) is 3.42. The average molecular weight is 281 g/mol. The van der Waals surface area contributed by atoms with Gasteiger partial charge < -0.3 is 0 Å². The standard InChI is InChI=1S/C14H24.2C2H6.C2H4/c1-4-7-13(5-2)14-9-6-8-12(3)10-11-14;3*1-2/h4-5,7,12,14H,6,8-11H2,1-3H3;2*1-2H3;1-2H2/b7-4-,13-5+;;;. The van der Waals surface area contributed by atoms with Crippen molar-refractivity contribution >= 4 is 0 Å². The van der Waals surface area contributed by atoms with Crippen LogP contribution >= 0.6 is 0 Å². The minimum absolute atomic E-state index is 0.834. The Bertz CT molecular complexity index is 222. The van der Waals surface area contributed by atoms with Crippen LogP contribution in [0.2, 0.25) is 0 Å². The lowest BCUT2D eigenvalue weighted by molar-refractivity contribution is 0.490. The van der Waals surface area contributed by atoms with Crippen molar-refractivity contribution in [2.75, 3.05) is 0 Å². The van der Waals surface area contributed by atoms with Crippen LogP contribution in [0.3, 0.4) is 0 Å². The second kappa shape index (κ2) is 20.5. The zero-order valence-corrected chi connectivity index (χ0v) is 15.3. The molecule has 0 heteroatoms. The van der Waals surface area contributed by atoms with Gasteiger partial charge in [0.1, 0.15) is 0 Å². The maximum absolute atomic E-state index is 3.00. The Hall–Kier alpha value is -0.780. The predicted molar refractivity (Wildman–Crippen MR) is 98.3 cm³/mol. The summed E-state index contributed by atoms with van der Waals surface area (Å²) in [6.07, 6.45) is 13.8. The predicted octanol–water partition coefficient (Wildman–Crippen LogP) is 7.58. The molecule has 0 aliphatic heterocycles. The lowest BCUT2D eigenvalue weighted by Gasteiger charge is -2.15. The van der Waals surface area contributed by atoms with Gasteiger partial charge in [0.05, 0.1) is 0 Å². The van der Waals surface area contributed by atoms with Gasteiger partial charge in [0.2, 0.25) is 0 Å². The van der Waals surface area contributed by atoms with Gasteiger partial charge in [0.15, 0.2) is 0 Å². The van der Waals surface area contributed by atoms with Crippen molar-refractivity contribution in [1.29, 1.82) is 0 Å². The van der Waals surface area contributed by atoms with Crippen LogP contribution in [-0.2, 0) is 0 Å². The van der Waals surface area contributed by atoms with Gasteiger partial charge in [-0.1, -0.05) is 72.1 Å². The molecule has 20 heavy (non-hydrogen) atoms. The third kappa shape index (κ3) is 12.3. The van der Waals surface area contributed by atoms with Gasteiger partial charge in [-0.15, -0.1) is 13.2 Å². The molecule has 1 rings (SSSR count). The quantitative estimate of drug-likeness (QED) is 0.278. The van der Waals surface area contributed by atoms with E-state index in [1.165, 1.54) is 32.1 Å². The molecule has 120 valence electrons. The summed E-state index contributed by atoms with van der Waals surface area (Å²) < 4.78 is 0. The Morgan fingerprint density at radius 2 is 1.45 bits per heavy atom. The van der Waals surface area contributed by atoms with Gasteiger partial charge in [-0.2, -0.15) is 0 Å². The molecule has 0 aromatic rings. The number of hydrogen-bond acceptors (Lipinski definition) is 0. The first kappa shape index (κ1) is 24.3. The molecule has 0 heterocycles. The smallest absolute Gasteiger partial charge is 0.0165 e. The molecule has 0 aromatic heterocycles. The fourth-order valence-electron chi connectivity index (χ4n) is 2.48. The molecule has 0 spiro atoms. The second-order valence-corrected chi connectivity index (χ2v) is 4.60. The molecule has 0 bridgehead atoms. The topological polar surface area (TPSA) is 0 Å². The Balaban J connectivity index is -0.000000425. The molecular weight excluding hydrogens is 240 g/mol. The third-order valence-corrected chi connectivity index (χ3v) is 3.42. The Kier molecular flexibility index (Phi) is 24.9. The molecule has 2 atom stereocenters. The van der Waals surface area contributed by atoms with E-state index in [4.69, 9.17) is 0 Å². The van der Waals surface area contributed by atoms with Crippen molar-refractivity contribution in [2.45, 2.75) is 80.6 Å². The number of hydrogen-bond donors (Lipinski definition) is 0. The van der Waals surface area contributed by atoms with E-state index in [1.807, 2.05) is 27.7 Å². The molecule has 0 nitrogen and oxygen atoms in total. The zero-order valence-electron chi connectivity index (χ0n) is 15.3. The molecule has 2 unspecified atom stereocenters. The highest BCUT2D eigenvalue weighted by atomic mass is 14.2. The van der Waals surface area contributed by atoms with E-state index in [-0.39, 0.29) is 0 Å². The fraction of sp³-hybridized carbons (Fsp3) is 0.700. The zero-order chi connectivity index (χ0) is 16.4. The summed E-state index contributed by atoms with van der Waals surface area (Å²) in [5, 5.41) is 0. The summed E-state index contributed by atoms with van der Waals surface area (Å²) in [5.41, 5.74) is 1.56. The molecule has 1 fully saturated rings. The lowest BCUT2D eigenvalue weighted by atomic mass is 9.90. The maximum Gasteiger partial charge on any atom is -0.0165 e. The molecule has 1 aliphatic carbocycles. The summed E-state index contributed by atoms with van der Waals surface area (Å²) in [5.74, 6) is 1.78. The fourth-order valence-corrected chi connectivity index (χ4v) is 2.48. The first-order valence-electron chi connectivity index (χ1n) is 8.56. The molecule has 1 aliphatic rings. The molecular formula is C20H40. The second-order valence-electron chi connectivity index (χ2n) is 4.60. The highest BCUT2D eigenvalue weighted by Gasteiger charge is 2.17. The van der Waals surface area contributed by atoms with E-state index in [9.17, 15) is 0 Å². The molecule has 0 aromatic carbocycles. The van der Waals surface area contributed by atoms with Crippen molar-refractivity contribution in [1.82, 2.24) is 0 Å². The number of rotatable bonds is 2. The van der Waals surface area contributed by atoms with Crippen LogP contribution in [0.4, 0.5) is 0 Å². The Morgan fingerprint density at radius 3 is 1.90 bits per heavy atom. The molecule has 0 saturated heterocycles. The monoisotopic (exact) mass is 280 g/mol. The Labute approximate surface area is 130 Å². The normalized spacial score (nSPS) is 22.2. The minimum Gasteiger partial charge on any atom is -0.106 e. The molecule has 1 saturated carbocycles. The van der Waals surface area contributed by atoms with E-state index in [1.54, 1.807) is 5.57 Å². The van der Waals surface area contributed by atoms with Gasteiger partial charge in [-0.3, -0.25) is 0 Å². The SMILES string of the molecule is C/C=C\C(=C/C)C1CCCC(C)CC1.C=C.CC.CC. The van der Waals surface area contributed by atoms with Gasteiger partial charge in [-0.05, 0) is 44.1 Å². The van der Waals surface area contributed by atoms with Crippen molar-refractivity contribution < 1.29 is 0 Å². The Morgan fingerprint density at radius 1 is 0.900 bits per heavy atom. The first-order valence-corrected chi connectivity index (χ1v) is 8.56. The maximum atomic E-state index is 3.00. The highest BCUT2D eigenvalue weighted by Crippen LogP contribution is 2.31. The van der Waals surface area contributed by atoms with E-state index in [2.05, 4.69) is 52.2 Å². The van der Waals surface area contributed by atoms with Gasteiger partial charge in [-0.25, -0.2) is 0 Å². The van der Waals surface area contributed by atoms with Crippen molar-refractivity contribution in [2.24, 2.45) is 11.8 Å². The molecule has 0 radical (unpaired) electrons. The lowest BCUT2D eigenvalue weighted by Crippen LogP contribution is -2.01. The van der Waals surface area contributed by atoms with Crippen LogP contribution in [0.5, 0.6) is 0 Å². The first-order chi connectivity index (χ1) is 9.77. The van der Waals surface area contributed by atoms with Gasteiger partial charge >= 0.3 is 0 Å². The minimum atomic E-state index is 0.834. The molecule has 0 N–H and O–H groups in total. The van der Waals surface area contributed by atoms with Crippen LogP contribution in [0.25, 0.3) is 0 Å². The summed E-state index contributed by atoms with van der Waals surface area (Å²) >= 11 is 0. The highest BCUT2D eigenvalue weighted by molar-refractivity contribution is 5.20. The molecule has 0 amide bonds. The van der Waals surface area contributed by atoms with Crippen LogP contribution < -0.4 is 0 Å². The van der Waals surface area contributed by atoms with Crippen LogP contribution in [0.15, 0.2) is 37.0 Å². The van der Waals surface area contributed by atoms with Crippen molar-refractivity contribution in [3.63, 3.8) is 0 Å². The van der Waals surface area contributed by atoms with Crippen LogP contribution in [0.1, 0.15) is 80.6 Å². The van der Waals surface area contributed by atoms with E-state index < -0.39 is 0 Å². The van der Waals surface area contributed by atoms with Crippen LogP contribution in [0, 0.1) is 11.8 Å². The van der Waals surface area contributed by atoms with Gasteiger partial charge in [0, 0.05) is 0 Å².